The molecule has 1 aromatic carbocycles. The Hall–Kier alpha value is -1.08. The number of rotatable bonds is 4. The molecule has 0 spiro atoms. The van der Waals surface area contributed by atoms with Crippen LogP contribution in [-0.2, 0) is 6.42 Å². The molecule has 0 aliphatic heterocycles. The Balaban J connectivity index is 3.02. The molecule has 0 bridgehead atoms. The smallest absolute Gasteiger partial charge is 0.0332 e. The van der Waals surface area contributed by atoms with Crippen molar-refractivity contribution < 1.29 is 0 Å². The zero-order valence-corrected chi connectivity index (χ0v) is 9.09. The van der Waals surface area contributed by atoms with Gasteiger partial charge in [0.2, 0.25) is 0 Å². The standard InChI is InChI=1S/C13H19N/c1-4-6-13(14)12-9-10(3)7-8-11(12)5-2/h4,7-9,13H,1,5-6,14H2,2-3H3. The maximum Gasteiger partial charge on any atom is 0.0332 e. The van der Waals surface area contributed by atoms with E-state index in [0.717, 1.165) is 12.8 Å². The van der Waals surface area contributed by atoms with Gasteiger partial charge in [0, 0.05) is 6.04 Å². The quantitative estimate of drug-likeness (QED) is 0.723. The first-order valence-electron chi connectivity index (χ1n) is 5.15. The Bertz CT molecular complexity index is 315. The second-order valence-electron chi connectivity index (χ2n) is 3.69. The first-order valence-corrected chi connectivity index (χ1v) is 5.15. The third-order valence-electron chi connectivity index (χ3n) is 2.50. The lowest BCUT2D eigenvalue weighted by Gasteiger charge is -2.15. The van der Waals surface area contributed by atoms with Crippen molar-refractivity contribution in [1.29, 1.82) is 0 Å². The summed E-state index contributed by atoms with van der Waals surface area (Å²) in [5.41, 5.74) is 9.98. The number of benzene rings is 1. The van der Waals surface area contributed by atoms with Gasteiger partial charge in [-0.25, -0.2) is 0 Å². The first kappa shape index (κ1) is 11.0. The van der Waals surface area contributed by atoms with Gasteiger partial charge in [-0.05, 0) is 30.9 Å². The van der Waals surface area contributed by atoms with Gasteiger partial charge in [-0.3, -0.25) is 0 Å². The van der Waals surface area contributed by atoms with Crippen LogP contribution in [0.5, 0.6) is 0 Å². The largest absolute Gasteiger partial charge is 0.324 e. The zero-order chi connectivity index (χ0) is 10.6. The molecule has 0 aliphatic carbocycles. The van der Waals surface area contributed by atoms with Crippen molar-refractivity contribution in [1.82, 2.24) is 0 Å². The van der Waals surface area contributed by atoms with Crippen LogP contribution < -0.4 is 5.73 Å². The predicted octanol–water partition coefficient (Wildman–Crippen LogP) is 3.13. The van der Waals surface area contributed by atoms with E-state index in [1.807, 2.05) is 6.08 Å². The van der Waals surface area contributed by atoms with E-state index in [-0.39, 0.29) is 6.04 Å². The molecule has 1 nitrogen and oxygen atoms in total. The van der Waals surface area contributed by atoms with Gasteiger partial charge in [-0.2, -0.15) is 0 Å². The van der Waals surface area contributed by atoms with Crippen molar-refractivity contribution in [3.8, 4) is 0 Å². The Morgan fingerprint density at radius 1 is 1.50 bits per heavy atom. The minimum atomic E-state index is 0.0994. The molecule has 0 aliphatic rings. The van der Waals surface area contributed by atoms with Crippen molar-refractivity contribution in [2.45, 2.75) is 32.7 Å². The molecule has 14 heavy (non-hydrogen) atoms. The van der Waals surface area contributed by atoms with Gasteiger partial charge in [0.15, 0.2) is 0 Å². The van der Waals surface area contributed by atoms with Crippen LogP contribution in [0.1, 0.15) is 36.1 Å². The molecule has 0 saturated heterocycles. The predicted molar refractivity (Wildman–Crippen MR) is 62.3 cm³/mol. The molecule has 0 saturated carbocycles. The number of aryl methyl sites for hydroxylation is 2. The van der Waals surface area contributed by atoms with E-state index in [4.69, 9.17) is 5.73 Å². The SMILES string of the molecule is C=CCC(N)c1cc(C)ccc1CC. The van der Waals surface area contributed by atoms with Crippen LogP contribution in [0, 0.1) is 6.92 Å². The Labute approximate surface area is 86.6 Å². The van der Waals surface area contributed by atoms with Crippen LogP contribution in [0.4, 0.5) is 0 Å². The van der Waals surface area contributed by atoms with Gasteiger partial charge in [-0.15, -0.1) is 6.58 Å². The highest BCUT2D eigenvalue weighted by Gasteiger charge is 2.08. The number of nitrogens with two attached hydrogens (primary N) is 1. The highest BCUT2D eigenvalue weighted by Crippen LogP contribution is 2.21. The highest BCUT2D eigenvalue weighted by molar-refractivity contribution is 5.34. The van der Waals surface area contributed by atoms with E-state index in [1.54, 1.807) is 0 Å². The monoisotopic (exact) mass is 189 g/mol. The second kappa shape index (κ2) is 4.97. The van der Waals surface area contributed by atoms with Crippen LogP contribution in [0.3, 0.4) is 0 Å². The lowest BCUT2D eigenvalue weighted by atomic mass is 9.95. The van der Waals surface area contributed by atoms with Gasteiger partial charge in [0.05, 0.1) is 0 Å². The second-order valence-corrected chi connectivity index (χ2v) is 3.69. The molecule has 76 valence electrons. The summed E-state index contributed by atoms with van der Waals surface area (Å²) in [5.74, 6) is 0. The van der Waals surface area contributed by atoms with Crippen LogP contribution >= 0.6 is 0 Å². The molecule has 0 radical (unpaired) electrons. The van der Waals surface area contributed by atoms with Crippen LogP contribution in [0.25, 0.3) is 0 Å². The topological polar surface area (TPSA) is 26.0 Å². The van der Waals surface area contributed by atoms with E-state index in [9.17, 15) is 0 Å². The Morgan fingerprint density at radius 2 is 2.21 bits per heavy atom. The molecule has 1 rings (SSSR count). The molecule has 0 heterocycles. The molecular formula is C13H19N. The molecule has 1 unspecified atom stereocenters. The van der Waals surface area contributed by atoms with Gasteiger partial charge < -0.3 is 5.73 Å². The maximum atomic E-state index is 6.08. The maximum absolute atomic E-state index is 6.08. The van der Waals surface area contributed by atoms with Crippen LogP contribution in [0.15, 0.2) is 30.9 Å². The molecule has 0 amide bonds. The van der Waals surface area contributed by atoms with E-state index >= 15 is 0 Å². The normalized spacial score (nSPS) is 12.5. The van der Waals surface area contributed by atoms with Crippen LogP contribution in [0.2, 0.25) is 0 Å². The van der Waals surface area contributed by atoms with Crippen molar-refractivity contribution in [3.05, 3.63) is 47.5 Å². The van der Waals surface area contributed by atoms with Crippen LogP contribution in [-0.4, -0.2) is 0 Å². The zero-order valence-electron chi connectivity index (χ0n) is 9.09. The van der Waals surface area contributed by atoms with E-state index in [2.05, 4.69) is 38.6 Å². The summed E-state index contributed by atoms with van der Waals surface area (Å²) in [6.45, 7) is 7.99. The molecule has 0 fully saturated rings. The molecule has 0 aromatic heterocycles. The minimum absolute atomic E-state index is 0.0994. The fourth-order valence-electron chi connectivity index (χ4n) is 1.69. The summed E-state index contributed by atoms with van der Waals surface area (Å²) in [6, 6.07) is 6.60. The molecule has 1 aromatic rings. The number of hydrogen-bond acceptors (Lipinski definition) is 1. The molecule has 1 heteroatoms. The first-order chi connectivity index (χ1) is 6.69. The Morgan fingerprint density at radius 3 is 2.79 bits per heavy atom. The third-order valence-corrected chi connectivity index (χ3v) is 2.50. The van der Waals surface area contributed by atoms with Gasteiger partial charge in [-0.1, -0.05) is 36.8 Å². The van der Waals surface area contributed by atoms with Crippen molar-refractivity contribution in [2.75, 3.05) is 0 Å². The summed E-state index contributed by atoms with van der Waals surface area (Å²) < 4.78 is 0. The van der Waals surface area contributed by atoms with Crippen molar-refractivity contribution >= 4 is 0 Å². The molecule has 1 atom stereocenters. The minimum Gasteiger partial charge on any atom is -0.324 e. The highest BCUT2D eigenvalue weighted by atomic mass is 14.6. The van der Waals surface area contributed by atoms with Crippen molar-refractivity contribution in [3.63, 3.8) is 0 Å². The summed E-state index contributed by atoms with van der Waals surface area (Å²) in [6.07, 6.45) is 3.77. The van der Waals surface area contributed by atoms with E-state index < -0.39 is 0 Å². The van der Waals surface area contributed by atoms with Gasteiger partial charge >= 0.3 is 0 Å². The summed E-state index contributed by atoms with van der Waals surface area (Å²) >= 11 is 0. The lowest BCUT2D eigenvalue weighted by molar-refractivity contribution is 0.729. The average Bonchev–Trinajstić information content (AvgIpc) is 2.18. The lowest BCUT2D eigenvalue weighted by Crippen LogP contribution is -2.11. The fourth-order valence-corrected chi connectivity index (χ4v) is 1.69. The van der Waals surface area contributed by atoms with Gasteiger partial charge in [0.25, 0.3) is 0 Å². The van der Waals surface area contributed by atoms with Crippen molar-refractivity contribution in [2.24, 2.45) is 5.73 Å². The molecule has 2 N–H and O–H groups in total. The van der Waals surface area contributed by atoms with E-state index in [0.29, 0.717) is 0 Å². The average molecular weight is 189 g/mol. The summed E-state index contributed by atoms with van der Waals surface area (Å²) in [5, 5.41) is 0. The number of hydrogen-bond donors (Lipinski definition) is 1. The molecular weight excluding hydrogens is 170 g/mol. The fraction of sp³-hybridized carbons (Fsp3) is 0.385. The summed E-state index contributed by atoms with van der Waals surface area (Å²) in [4.78, 5) is 0. The van der Waals surface area contributed by atoms with Gasteiger partial charge in [0.1, 0.15) is 0 Å². The Kier molecular flexibility index (Phi) is 3.90. The summed E-state index contributed by atoms with van der Waals surface area (Å²) in [7, 11) is 0. The third kappa shape index (κ3) is 2.46. The van der Waals surface area contributed by atoms with E-state index in [1.165, 1.54) is 16.7 Å².